The zero-order valence-corrected chi connectivity index (χ0v) is 12.1. The quantitative estimate of drug-likeness (QED) is 0.695. The van der Waals surface area contributed by atoms with Gasteiger partial charge in [-0.3, -0.25) is 0 Å². The Morgan fingerprint density at radius 3 is 2.73 bits per heavy atom. The lowest BCUT2D eigenvalue weighted by atomic mass is 9.97. The van der Waals surface area contributed by atoms with Crippen molar-refractivity contribution < 1.29 is 0 Å². The van der Waals surface area contributed by atoms with Gasteiger partial charge in [-0.1, -0.05) is 50.9 Å². The van der Waals surface area contributed by atoms with Crippen LogP contribution in [-0.4, -0.2) is 4.83 Å². The number of benzene rings is 1. The van der Waals surface area contributed by atoms with Gasteiger partial charge in [-0.2, -0.15) is 0 Å². The fourth-order valence-corrected chi connectivity index (χ4v) is 3.24. The first-order chi connectivity index (χ1) is 7.16. The molecule has 15 heavy (non-hydrogen) atoms. The van der Waals surface area contributed by atoms with Gasteiger partial charge in [-0.25, -0.2) is 0 Å². The van der Waals surface area contributed by atoms with E-state index in [0.29, 0.717) is 4.83 Å². The molecule has 0 aromatic heterocycles. The van der Waals surface area contributed by atoms with E-state index in [1.807, 2.05) is 0 Å². The molecule has 0 spiro atoms. The second-order valence-corrected chi connectivity index (χ2v) is 6.64. The summed E-state index contributed by atoms with van der Waals surface area (Å²) < 4.78 is 1.18. The van der Waals surface area contributed by atoms with Crippen LogP contribution in [0.5, 0.6) is 0 Å². The highest BCUT2D eigenvalue weighted by Crippen LogP contribution is 2.41. The number of rotatable bonds is 4. The highest BCUT2D eigenvalue weighted by atomic mass is 79.9. The molecule has 1 fully saturated rings. The van der Waals surface area contributed by atoms with Gasteiger partial charge in [-0.15, -0.1) is 0 Å². The Morgan fingerprint density at radius 1 is 1.40 bits per heavy atom. The molecule has 0 saturated heterocycles. The van der Waals surface area contributed by atoms with E-state index in [4.69, 9.17) is 0 Å². The van der Waals surface area contributed by atoms with E-state index in [1.54, 1.807) is 0 Å². The normalized spacial score (nSPS) is 19.9. The molecule has 2 heteroatoms. The van der Waals surface area contributed by atoms with E-state index in [2.05, 4.69) is 63.0 Å². The summed E-state index contributed by atoms with van der Waals surface area (Å²) in [6, 6.07) is 8.62. The molecule has 1 saturated carbocycles. The number of hydrogen-bond donors (Lipinski definition) is 0. The monoisotopic (exact) mass is 330 g/mol. The van der Waals surface area contributed by atoms with Crippen LogP contribution in [0.2, 0.25) is 0 Å². The van der Waals surface area contributed by atoms with Gasteiger partial charge in [0.1, 0.15) is 0 Å². The minimum atomic E-state index is 0.624. The summed E-state index contributed by atoms with van der Waals surface area (Å²) in [4.78, 5) is 0.624. The van der Waals surface area contributed by atoms with Crippen molar-refractivity contribution in [3.05, 3.63) is 34.3 Å². The van der Waals surface area contributed by atoms with Crippen LogP contribution in [0.3, 0.4) is 0 Å². The molecule has 0 aliphatic heterocycles. The molecule has 0 bridgehead atoms. The maximum Gasteiger partial charge on any atom is 0.0214 e. The topological polar surface area (TPSA) is 0 Å². The maximum atomic E-state index is 3.83. The Labute approximate surface area is 109 Å². The maximum absolute atomic E-state index is 3.83. The summed E-state index contributed by atoms with van der Waals surface area (Å²) in [5.74, 6) is 1.78. The van der Waals surface area contributed by atoms with Gasteiger partial charge in [0, 0.05) is 9.30 Å². The van der Waals surface area contributed by atoms with Crippen molar-refractivity contribution in [1.29, 1.82) is 0 Å². The second-order valence-electron chi connectivity index (χ2n) is 4.55. The SMILES string of the molecule is CC(C(Br)Cc1cccc(Br)c1)C1CC1. The van der Waals surface area contributed by atoms with Gasteiger partial charge in [0.05, 0.1) is 0 Å². The zero-order valence-electron chi connectivity index (χ0n) is 8.92. The minimum Gasteiger partial charge on any atom is -0.0884 e. The predicted molar refractivity (Wildman–Crippen MR) is 72.4 cm³/mol. The van der Waals surface area contributed by atoms with Crippen LogP contribution in [0.15, 0.2) is 28.7 Å². The highest BCUT2D eigenvalue weighted by molar-refractivity contribution is 9.10. The summed E-state index contributed by atoms with van der Waals surface area (Å²) in [6.07, 6.45) is 4.00. The first kappa shape index (κ1) is 11.7. The molecule has 0 nitrogen and oxygen atoms in total. The molecule has 0 radical (unpaired) electrons. The summed E-state index contributed by atoms with van der Waals surface area (Å²) >= 11 is 7.34. The molecule has 0 N–H and O–H groups in total. The molecule has 2 unspecified atom stereocenters. The van der Waals surface area contributed by atoms with E-state index in [-0.39, 0.29) is 0 Å². The Kier molecular flexibility index (Phi) is 3.89. The largest absolute Gasteiger partial charge is 0.0884 e. The first-order valence-electron chi connectivity index (χ1n) is 5.55. The van der Waals surface area contributed by atoms with E-state index in [1.165, 1.54) is 22.9 Å². The van der Waals surface area contributed by atoms with E-state index < -0.39 is 0 Å². The lowest BCUT2D eigenvalue weighted by Crippen LogP contribution is -2.15. The van der Waals surface area contributed by atoms with Gasteiger partial charge in [0.25, 0.3) is 0 Å². The highest BCUT2D eigenvalue weighted by Gasteiger charge is 2.31. The molecule has 0 amide bonds. The van der Waals surface area contributed by atoms with Gasteiger partial charge in [0.2, 0.25) is 0 Å². The summed E-state index contributed by atoms with van der Waals surface area (Å²) in [5.41, 5.74) is 1.42. The van der Waals surface area contributed by atoms with E-state index in [0.717, 1.165) is 18.3 Å². The predicted octanol–water partition coefficient (Wildman–Crippen LogP) is 4.80. The Bertz CT molecular complexity index is 331. The van der Waals surface area contributed by atoms with Crippen molar-refractivity contribution in [1.82, 2.24) is 0 Å². The van der Waals surface area contributed by atoms with Crippen molar-refractivity contribution in [3.8, 4) is 0 Å². The molecular weight excluding hydrogens is 316 g/mol. The van der Waals surface area contributed by atoms with Gasteiger partial charge in [0.15, 0.2) is 0 Å². The average Bonchev–Trinajstić information content (AvgIpc) is 2.99. The third-order valence-corrected chi connectivity index (χ3v) is 4.91. The molecule has 0 heterocycles. The number of hydrogen-bond acceptors (Lipinski definition) is 0. The number of halogens is 2. The van der Waals surface area contributed by atoms with Crippen LogP contribution >= 0.6 is 31.9 Å². The molecule has 82 valence electrons. The van der Waals surface area contributed by atoms with Crippen molar-refractivity contribution >= 4 is 31.9 Å². The molecule has 2 rings (SSSR count). The van der Waals surface area contributed by atoms with Crippen molar-refractivity contribution in [2.45, 2.75) is 31.0 Å². The number of alkyl halides is 1. The van der Waals surface area contributed by atoms with Crippen LogP contribution < -0.4 is 0 Å². The molecule has 1 aromatic rings. The summed E-state index contributed by atoms with van der Waals surface area (Å²) in [6.45, 7) is 2.37. The summed E-state index contributed by atoms with van der Waals surface area (Å²) in [7, 11) is 0. The zero-order chi connectivity index (χ0) is 10.8. The molecule has 2 atom stereocenters. The fourth-order valence-electron chi connectivity index (χ4n) is 1.99. The minimum absolute atomic E-state index is 0.624. The third kappa shape index (κ3) is 3.32. The first-order valence-corrected chi connectivity index (χ1v) is 7.26. The molecule has 1 aromatic carbocycles. The van der Waals surface area contributed by atoms with Crippen LogP contribution in [-0.2, 0) is 6.42 Å². The fraction of sp³-hybridized carbons (Fsp3) is 0.538. The van der Waals surface area contributed by atoms with Crippen molar-refractivity contribution in [2.24, 2.45) is 11.8 Å². The standard InChI is InChI=1S/C13H16Br2/c1-9(11-5-6-11)13(15)8-10-3-2-4-12(14)7-10/h2-4,7,9,11,13H,5-6,8H2,1H3. The van der Waals surface area contributed by atoms with E-state index >= 15 is 0 Å². The lowest BCUT2D eigenvalue weighted by Gasteiger charge is -2.17. The Balaban J connectivity index is 1.95. The van der Waals surface area contributed by atoms with Crippen molar-refractivity contribution in [3.63, 3.8) is 0 Å². The van der Waals surface area contributed by atoms with Gasteiger partial charge >= 0.3 is 0 Å². The van der Waals surface area contributed by atoms with Crippen LogP contribution in [0, 0.1) is 11.8 Å². The van der Waals surface area contributed by atoms with E-state index in [9.17, 15) is 0 Å². The Morgan fingerprint density at radius 2 is 2.13 bits per heavy atom. The third-order valence-electron chi connectivity index (χ3n) is 3.26. The smallest absolute Gasteiger partial charge is 0.0214 e. The van der Waals surface area contributed by atoms with Crippen LogP contribution in [0.1, 0.15) is 25.3 Å². The van der Waals surface area contributed by atoms with Gasteiger partial charge < -0.3 is 0 Å². The van der Waals surface area contributed by atoms with Crippen LogP contribution in [0.4, 0.5) is 0 Å². The second kappa shape index (κ2) is 5.01. The molecule has 1 aliphatic carbocycles. The molecular formula is C13H16Br2. The van der Waals surface area contributed by atoms with Crippen LogP contribution in [0.25, 0.3) is 0 Å². The van der Waals surface area contributed by atoms with Crippen molar-refractivity contribution in [2.75, 3.05) is 0 Å². The molecule has 1 aliphatic rings. The lowest BCUT2D eigenvalue weighted by molar-refractivity contribution is 0.490. The summed E-state index contributed by atoms with van der Waals surface area (Å²) in [5, 5.41) is 0. The van der Waals surface area contributed by atoms with Gasteiger partial charge in [-0.05, 0) is 48.8 Å². The Hall–Kier alpha value is 0.180. The average molecular weight is 332 g/mol.